The minimum Gasteiger partial charge on any atom is -0.356 e. The van der Waals surface area contributed by atoms with E-state index >= 15 is 0 Å². The fourth-order valence-electron chi connectivity index (χ4n) is 3.63. The summed E-state index contributed by atoms with van der Waals surface area (Å²) in [5.41, 5.74) is 6.09. The molecule has 3 N–H and O–H groups in total. The van der Waals surface area contributed by atoms with Gasteiger partial charge in [0.1, 0.15) is 5.82 Å². The molecule has 0 aromatic carbocycles. The molecule has 7 nitrogen and oxygen atoms in total. The predicted molar refractivity (Wildman–Crippen MR) is 96.4 cm³/mol. The van der Waals surface area contributed by atoms with Crippen LogP contribution in [-0.2, 0) is 4.79 Å². The number of pyridine rings is 1. The Morgan fingerprint density at radius 2 is 2.04 bits per heavy atom. The molecule has 2 aliphatic heterocycles. The highest BCUT2D eigenvalue weighted by molar-refractivity contribution is 5.99. The quantitative estimate of drug-likeness (QED) is 0.816. The van der Waals surface area contributed by atoms with Crippen molar-refractivity contribution in [3.8, 4) is 0 Å². The summed E-state index contributed by atoms with van der Waals surface area (Å²) in [5, 5.41) is 2.83. The fourth-order valence-corrected chi connectivity index (χ4v) is 3.63. The van der Waals surface area contributed by atoms with Crippen molar-refractivity contribution in [2.45, 2.75) is 25.7 Å². The molecule has 2 aliphatic rings. The van der Waals surface area contributed by atoms with E-state index in [2.05, 4.69) is 15.2 Å². The third-order valence-electron chi connectivity index (χ3n) is 4.95. The second kappa shape index (κ2) is 8.29. The first kappa shape index (κ1) is 17.7. The average molecular weight is 345 g/mol. The van der Waals surface area contributed by atoms with Gasteiger partial charge >= 0.3 is 0 Å². The highest BCUT2D eigenvalue weighted by Crippen LogP contribution is 2.25. The average Bonchev–Trinajstić information content (AvgIpc) is 3.20. The molecule has 1 aromatic rings. The van der Waals surface area contributed by atoms with Crippen LogP contribution in [0.15, 0.2) is 18.3 Å². The molecule has 0 aliphatic carbocycles. The summed E-state index contributed by atoms with van der Waals surface area (Å²) in [5.74, 6) is 0.594. The van der Waals surface area contributed by atoms with Crippen LogP contribution in [0.5, 0.6) is 0 Å². The number of nitrogens with one attached hydrogen (secondary N) is 1. The van der Waals surface area contributed by atoms with Crippen molar-refractivity contribution in [1.82, 2.24) is 15.2 Å². The number of nitrogens with two attached hydrogens (primary N) is 1. The number of nitrogens with zero attached hydrogens (tertiary/aromatic N) is 3. The van der Waals surface area contributed by atoms with Crippen molar-refractivity contribution in [2.24, 2.45) is 11.7 Å². The van der Waals surface area contributed by atoms with Gasteiger partial charge in [-0.2, -0.15) is 0 Å². The van der Waals surface area contributed by atoms with Crippen LogP contribution in [0.4, 0.5) is 5.82 Å². The van der Waals surface area contributed by atoms with Crippen LogP contribution in [0.3, 0.4) is 0 Å². The molecule has 1 aromatic heterocycles. The Balaban J connectivity index is 1.71. The molecule has 7 heteroatoms. The summed E-state index contributed by atoms with van der Waals surface area (Å²) in [6.07, 6.45) is 5.66. The Morgan fingerprint density at radius 1 is 1.24 bits per heavy atom. The monoisotopic (exact) mass is 345 g/mol. The van der Waals surface area contributed by atoms with Gasteiger partial charge in [0.25, 0.3) is 5.91 Å². The molecular formula is C18H27N5O2. The van der Waals surface area contributed by atoms with Gasteiger partial charge in [-0.1, -0.05) is 0 Å². The van der Waals surface area contributed by atoms with E-state index in [1.807, 2.05) is 12.1 Å². The van der Waals surface area contributed by atoms with Crippen molar-refractivity contribution in [2.75, 3.05) is 44.2 Å². The van der Waals surface area contributed by atoms with Crippen LogP contribution < -0.4 is 16.0 Å². The molecule has 25 heavy (non-hydrogen) atoms. The topological polar surface area (TPSA) is 91.6 Å². The van der Waals surface area contributed by atoms with Gasteiger partial charge in [-0.3, -0.25) is 9.59 Å². The largest absolute Gasteiger partial charge is 0.356 e. The van der Waals surface area contributed by atoms with E-state index in [9.17, 15) is 9.59 Å². The number of amides is 2. The number of carbonyl (C=O) groups excluding carboxylic acids is 2. The first-order valence-corrected chi connectivity index (χ1v) is 9.17. The lowest BCUT2D eigenvalue weighted by Gasteiger charge is -2.33. The molecule has 0 spiro atoms. The van der Waals surface area contributed by atoms with Crippen LogP contribution in [-0.4, -0.2) is 61.0 Å². The number of piperidine rings is 1. The van der Waals surface area contributed by atoms with Gasteiger partial charge in [-0.15, -0.1) is 0 Å². The van der Waals surface area contributed by atoms with Crippen LogP contribution in [0.25, 0.3) is 0 Å². The summed E-state index contributed by atoms with van der Waals surface area (Å²) in [7, 11) is 0. The maximum atomic E-state index is 13.1. The zero-order chi connectivity index (χ0) is 17.6. The van der Waals surface area contributed by atoms with E-state index in [0.29, 0.717) is 31.7 Å². The molecule has 0 radical (unpaired) electrons. The van der Waals surface area contributed by atoms with Crippen molar-refractivity contribution < 1.29 is 9.59 Å². The third kappa shape index (κ3) is 4.10. The highest BCUT2D eigenvalue weighted by atomic mass is 16.2. The third-order valence-corrected chi connectivity index (χ3v) is 4.95. The number of carbonyl (C=O) groups is 2. The van der Waals surface area contributed by atoms with Crippen LogP contribution in [0, 0.1) is 5.92 Å². The summed E-state index contributed by atoms with van der Waals surface area (Å²) >= 11 is 0. The van der Waals surface area contributed by atoms with Crippen molar-refractivity contribution >= 4 is 17.6 Å². The fraction of sp³-hybridized carbons (Fsp3) is 0.611. The van der Waals surface area contributed by atoms with E-state index in [1.165, 1.54) is 0 Å². The molecule has 1 atom stereocenters. The summed E-state index contributed by atoms with van der Waals surface area (Å²) < 4.78 is 0. The normalized spacial score (nSPS) is 20.6. The number of likely N-dealkylation sites (tertiary alicyclic amines) is 1. The molecule has 1 unspecified atom stereocenters. The molecule has 3 rings (SSSR count). The molecule has 0 bridgehead atoms. The molecule has 2 fully saturated rings. The number of hydrogen-bond donors (Lipinski definition) is 2. The summed E-state index contributed by atoms with van der Waals surface area (Å²) in [6.45, 7) is 3.95. The van der Waals surface area contributed by atoms with E-state index in [4.69, 9.17) is 5.73 Å². The standard InChI is InChI=1S/C18H27N5O2/c19-7-9-21-17(24)14-5-4-12-23(13-14)18(25)15-6-3-8-20-16(15)22-10-1-2-11-22/h3,6,8,14H,1-2,4-5,7,9-13,19H2,(H,21,24). The second-order valence-electron chi connectivity index (χ2n) is 6.74. The SMILES string of the molecule is NCCNC(=O)C1CCCN(C(=O)c2cccnc2N2CCCC2)C1. The molecule has 2 saturated heterocycles. The smallest absolute Gasteiger partial charge is 0.257 e. The number of hydrogen-bond acceptors (Lipinski definition) is 5. The Bertz CT molecular complexity index is 615. The van der Waals surface area contributed by atoms with Crippen LogP contribution in [0.1, 0.15) is 36.0 Å². The van der Waals surface area contributed by atoms with Crippen molar-refractivity contribution in [1.29, 1.82) is 0 Å². The maximum absolute atomic E-state index is 13.1. The summed E-state index contributed by atoms with van der Waals surface area (Å²) in [4.78, 5) is 33.7. The van der Waals surface area contributed by atoms with E-state index in [-0.39, 0.29) is 17.7 Å². The molecule has 136 valence electrons. The first-order valence-electron chi connectivity index (χ1n) is 9.17. The number of rotatable bonds is 5. The number of aromatic nitrogens is 1. The number of anilines is 1. The highest BCUT2D eigenvalue weighted by Gasteiger charge is 2.30. The van der Waals surface area contributed by atoms with E-state index in [1.54, 1.807) is 11.1 Å². The van der Waals surface area contributed by atoms with Gasteiger partial charge in [0, 0.05) is 45.5 Å². The van der Waals surface area contributed by atoms with E-state index < -0.39 is 0 Å². The van der Waals surface area contributed by atoms with Gasteiger partial charge in [0.05, 0.1) is 11.5 Å². The maximum Gasteiger partial charge on any atom is 0.257 e. The van der Waals surface area contributed by atoms with Gasteiger partial charge in [0.15, 0.2) is 0 Å². The molecule has 3 heterocycles. The molecular weight excluding hydrogens is 318 g/mol. The minimum absolute atomic E-state index is 0.00565. The van der Waals surface area contributed by atoms with Crippen LogP contribution in [0.2, 0.25) is 0 Å². The van der Waals surface area contributed by atoms with Gasteiger partial charge < -0.3 is 20.9 Å². The molecule has 2 amide bonds. The predicted octanol–water partition coefficient (Wildman–Crippen LogP) is 0.609. The van der Waals surface area contributed by atoms with Gasteiger partial charge in [0.2, 0.25) is 5.91 Å². The minimum atomic E-state index is -0.156. The lowest BCUT2D eigenvalue weighted by atomic mass is 9.96. The van der Waals surface area contributed by atoms with Crippen molar-refractivity contribution in [3.63, 3.8) is 0 Å². The zero-order valence-corrected chi connectivity index (χ0v) is 14.6. The zero-order valence-electron chi connectivity index (χ0n) is 14.6. The Hall–Kier alpha value is -2.15. The Labute approximate surface area is 148 Å². The Kier molecular flexibility index (Phi) is 5.86. The summed E-state index contributed by atoms with van der Waals surface area (Å²) in [6, 6.07) is 3.66. The first-order chi connectivity index (χ1) is 12.2. The Morgan fingerprint density at radius 3 is 2.80 bits per heavy atom. The molecule has 0 saturated carbocycles. The lowest BCUT2D eigenvalue weighted by Crippen LogP contribution is -2.46. The lowest BCUT2D eigenvalue weighted by molar-refractivity contribution is -0.126. The van der Waals surface area contributed by atoms with E-state index in [0.717, 1.165) is 44.6 Å². The van der Waals surface area contributed by atoms with Crippen LogP contribution >= 0.6 is 0 Å². The van der Waals surface area contributed by atoms with Gasteiger partial charge in [-0.05, 0) is 37.8 Å². The van der Waals surface area contributed by atoms with Crippen molar-refractivity contribution in [3.05, 3.63) is 23.9 Å². The second-order valence-corrected chi connectivity index (χ2v) is 6.74. The van der Waals surface area contributed by atoms with Gasteiger partial charge in [-0.25, -0.2) is 4.98 Å².